The van der Waals surface area contributed by atoms with Gasteiger partial charge in [-0.2, -0.15) is 5.10 Å². The van der Waals surface area contributed by atoms with Crippen LogP contribution >= 0.6 is 0 Å². The first-order valence-electron chi connectivity index (χ1n) is 10.3. The van der Waals surface area contributed by atoms with E-state index in [9.17, 15) is 0 Å². The number of hydrogen-bond acceptors (Lipinski definition) is 6. The number of rotatable bonds is 6. The third-order valence-corrected chi connectivity index (χ3v) is 4.62. The minimum atomic E-state index is 0.350. The quantitative estimate of drug-likeness (QED) is 0.414. The molecule has 2 heterocycles. The molecule has 3 aromatic rings. The Balaban J connectivity index is 1.44. The first kappa shape index (κ1) is 20.5. The number of anilines is 1. The van der Waals surface area contributed by atoms with Gasteiger partial charge in [0, 0.05) is 30.3 Å². The smallest absolute Gasteiger partial charge is 0.196 e. The van der Waals surface area contributed by atoms with Crippen LogP contribution in [0.5, 0.6) is 17.2 Å². The second kappa shape index (κ2) is 9.84. The zero-order valence-electron chi connectivity index (χ0n) is 17.6. The highest BCUT2D eigenvalue weighted by Crippen LogP contribution is 2.32. The molecule has 0 fully saturated rings. The van der Waals surface area contributed by atoms with Gasteiger partial charge in [-0.05, 0) is 43.3 Å². The lowest BCUT2D eigenvalue weighted by Gasteiger charge is -2.13. The van der Waals surface area contributed by atoms with Gasteiger partial charge in [0.05, 0.1) is 20.3 Å². The lowest BCUT2D eigenvalue weighted by Crippen LogP contribution is -2.30. The van der Waals surface area contributed by atoms with Gasteiger partial charge in [-0.1, -0.05) is 0 Å². The molecule has 162 valence electrons. The standard InChI is InChI=1S/C22H26N6O3/c1-3-23-22(25-16-7-10-18-19(13-16)31-12-4-11-30-18)24-14-20-26-21(28-27-20)15-5-8-17(29-2)9-6-15/h5-10,13H,3-4,11-12,14H2,1-2H3,(H2,23,24,25)(H,26,27,28). The summed E-state index contributed by atoms with van der Waals surface area (Å²) in [5.41, 5.74) is 1.77. The van der Waals surface area contributed by atoms with Crippen molar-refractivity contribution in [2.24, 2.45) is 4.99 Å². The Labute approximate surface area is 180 Å². The van der Waals surface area contributed by atoms with Gasteiger partial charge in [0.25, 0.3) is 0 Å². The number of nitrogens with zero attached hydrogens (tertiary/aromatic N) is 3. The van der Waals surface area contributed by atoms with Gasteiger partial charge >= 0.3 is 0 Å². The number of aromatic nitrogens is 3. The molecule has 0 saturated heterocycles. The van der Waals surface area contributed by atoms with Crippen LogP contribution in [0, 0.1) is 0 Å². The highest BCUT2D eigenvalue weighted by Gasteiger charge is 2.12. The number of guanidine groups is 1. The van der Waals surface area contributed by atoms with Gasteiger partial charge in [-0.15, -0.1) is 0 Å². The summed E-state index contributed by atoms with van der Waals surface area (Å²) in [7, 11) is 1.64. The molecule has 2 aromatic carbocycles. The van der Waals surface area contributed by atoms with Crippen molar-refractivity contribution < 1.29 is 14.2 Å². The third-order valence-electron chi connectivity index (χ3n) is 4.62. The number of aliphatic imine (C=N–C) groups is 1. The lowest BCUT2D eigenvalue weighted by atomic mass is 10.2. The average molecular weight is 422 g/mol. The molecule has 0 aliphatic carbocycles. The summed E-state index contributed by atoms with van der Waals surface area (Å²) >= 11 is 0. The first-order chi connectivity index (χ1) is 15.2. The van der Waals surface area contributed by atoms with E-state index in [1.165, 1.54) is 0 Å². The van der Waals surface area contributed by atoms with Gasteiger partial charge in [0.1, 0.15) is 18.1 Å². The summed E-state index contributed by atoms with van der Waals surface area (Å²) < 4.78 is 16.6. The van der Waals surface area contributed by atoms with Gasteiger partial charge in [0.15, 0.2) is 23.3 Å². The topological polar surface area (TPSA) is 106 Å². The summed E-state index contributed by atoms with van der Waals surface area (Å²) in [5.74, 6) is 4.21. The number of aromatic amines is 1. The van der Waals surface area contributed by atoms with E-state index in [4.69, 9.17) is 14.2 Å². The van der Waals surface area contributed by atoms with Crippen LogP contribution < -0.4 is 24.8 Å². The molecule has 4 rings (SSSR count). The van der Waals surface area contributed by atoms with Crippen molar-refractivity contribution in [3.05, 3.63) is 48.3 Å². The van der Waals surface area contributed by atoms with Crippen LogP contribution in [-0.2, 0) is 6.54 Å². The van der Waals surface area contributed by atoms with Crippen molar-refractivity contribution >= 4 is 11.6 Å². The molecule has 1 aliphatic heterocycles. The number of fused-ring (bicyclic) bond motifs is 1. The van der Waals surface area contributed by atoms with E-state index in [1.807, 2.05) is 49.4 Å². The molecule has 31 heavy (non-hydrogen) atoms. The number of H-pyrrole nitrogens is 1. The van der Waals surface area contributed by atoms with Gasteiger partial charge in [0.2, 0.25) is 0 Å². The predicted molar refractivity (Wildman–Crippen MR) is 119 cm³/mol. The normalized spacial score (nSPS) is 13.4. The van der Waals surface area contributed by atoms with Gasteiger partial charge in [-0.25, -0.2) is 9.98 Å². The van der Waals surface area contributed by atoms with Crippen molar-refractivity contribution in [3.63, 3.8) is 0 Å². The zero-order valence-corrected chi connectivity index (χ0v) is 17.6. The highest BCUT2D eigenvalue weighted by molar-refractivity contribution is 5.93. The third kappa shape index (κ3) is 5.25. The summed E-state index contributed by atoms with van der Waals surface area (Å²) in [5, 5.41) is 13.8. The Hall–Kier alpha value is -3.75. The van der Waals surface area contributed by atoms with Gasteiger partial charge in [-0.3, -0.25) is 5.10 Å². The Morgan fingerprint density at radius 1 is 1.13 bits per heavy atom. The minimum absolute atomic E-state index is 0.350. The van der Waals surface area contributed by atoms with Crippen LogP contribution in [0.4, 0.5) is 5.69 Å². The van der Waals surface area contributed by atoms with Crippen LogP contribution in [0.3, 0.4) is 0 Å². The van der Waals surface area contributed by atoms with Crippen LogP contribution in [0.2, 0.25) is 0 Å². The minimum Gasteiger partial charge on any atom is -0.497 e. The van der Waals surface area contributed by atoms with E-state index < -0.39 is 0 Å². The van der Waals surface area contributed by atoms with E-state index in [1.54, 1.807) is 7.11 Å². The second-order valence-corrected chi connectivity index (χ2v) is 6.87. The van der Waals surface area contributed by atoms with Crippen molar-refractivity contribution in [1.82, 2.24) is 20.5 Å². The molecule has 0 radical (unpaired) electrons. The number of hydrogen-bond donors (Lipinski definition) is 3. The fourth-order valence-electron chi connectivity index (χ4n) is 3.07. The number of methoxy groups -OCH3 is 1. The van der Waals surface area contributed by atoms with Crippen LogP contribution in [0.15, 0.2) is 47.5 Å². The highest BCUT2D eigenvalue weighted by atomic mass is 16.5. The maximum atomic E-state index is 5.76. The average Bonchev–Trinajstić information content (AvgIpc) is 3.15. The summed E-state index contributed by atoms with van der Waals surface area (Å²) in [6, 6.07) is 13.4. The fourth-order valence-corrected chi connectivity index (χ4v) is 3.07. The molecule has 0 unspecified atom stereocenters. The van der Waals surface area contributed by atoms with Crippen LogP contribution in [-0.4, -0.2) is 48.0 Å². The maximum Gasteiger partial charge on any atom is 0.196 e. The molecule has 9 nitrogen and oxygen atoms in total. The maximum absolute atomic E-state index is 5.76. The Bertz CT molecular complexity index is 1030. The molecule has 0 spiro atoms. The Kier molecular flexibility index (Phi) is 6.51. The number of ether oxygens (including phenoxy) is 3. The monoisotopic (exact) mass is 422 g/mol. The predicted octanol–water partition coefficient (Wildman–Crippen LogP) is 3.22. The lowest BCUT2D eigenvalue weighted by molar-refractivity contribution is 0.297. The second-order valence-electron chi connectivity index (χ2n) is 6.87. The zero-order chi connectivity index (χ0) is 21.5. The summed E-state index contributed by atoms with van der Waals surface area (Å²) in [6.45, 7) is 4.40. The Morgan fingerprint density at radius 2 is 1.94 bits per heavy atom. The van der Waals surface area contributed by atoms with E-state index in [-0.39, 0.29) is 0 Å². The Morgan fingerprint density at radius 3 is 2.71 bits per heavy atom. The van der Waals surface area contributed by atoms with Crippen LogP contribution in [0.1, 0.15) is 19.2 Å². The molecule has 3 N–H and O–H groups in total. The van der Waals surface area contributed by atoms with Crippen LogP contribution in [0.25, 0.3) is 11.4 Å². The summed E-state index contributed by atoms with van der Waals surface area (Å²) in [6.07, 6.45) is 0.872. The van der Waals surface area contributed by atoms with Crippen molar-refractivity contribution in [2.45, 2.75) is 19.9 Å². The first-order valence-corrected chi connectivity index (χ1v) is 10.3. The SMILES string of the molecule is CCNC(=NCc1nc(-c2ccc(OC)cc2)n[nH]1)Nc1ccc2c(c1)OCCCO2. The van der Waals surface area contributed by atoms with Crippen molar-refractivity contribution in [3.8, 4) is 28.6 Å². The van der Waals surface area contributed by atoms with E-state index >= 15 is 0 Å². The van der Waals surface area contributed by atoms with Gasteiger partial charge < -0.3 is 24.8 Å². The molecule has 1 aromatic heterocycles. The summed E-state index contributed by atoms with van der Waals surface area (Å²) in [4.78, 5) is 9.15. The van der Waals surface area contributed by atoms with E-state index in [0.717, 1.165) is 41.5 Å². The molecule has 0 amide bonds. The molecule has 9 heteroatoms. The van der Waals surface area contributed by atoms with Crippen molar-refractivity contribution in [2.75, 3.05) is 32.2 Å². The van der Waals surface area contributed by atoms with E-state index in [0.29, 0.717) is 37.4 Å². The van der Waals surface area contributed by atoms with E-state index in [2.05, 4.69) is 30.8 Å². The number of nitrogens with one attached hydrogen (secondary N) is 3. The molecule has 0 saturated carbocycles. The molecule has 0 atom stereocenters. The molecular formula is C22H26N6O3. The fraction of sp³-hybridized carbons (Fsp3) is 0.318. The number of benzene rings is 2. The largest absolute Gasteiger partial charge is 0.497 e. The molecule has 0 bridgehead atoms. The molecular weight excluding hydrogens is 396 g/mol. The molecule has 1 aliphatic rings. The van der Waals surface area contributed by atoms with Crippen molar-refractivity contribution in [1.29, 1.82) is 0 Å².